The van der Waals surface area contributed by atoms with Gasteiger partial charge in [0.15, 0.2) is 11.5 Å². The molecule has 0 radical (unpaired) electrons. The topological polar surface area (TPSA) is 85.4 Å². The lowest BCUT2D eigenvalue weighted by Crippen LogP contribution is -1.92. The monoisotopic (exact) mass is 344 g/mol. The molecule has 0 saturated heterocycles. The van der Waals surface area contributed by atoms with Gasteiger partial charge in [-0.15, -0.1) is 0 Å². The summed E-state index contributed by atoms with van der Waals surface area (Å²) in [5, 5.41) is 20.4. The summed E-state index contributed by atoms with van der Waals surface area (Å²) < 4.78 is 10.4. The first-order valence-electron chi connectivity index (χ1n) is 6.78. The first kappa shape index (κ1) is 17.3. The van der Waals surface area contributed by atoms with Gasteiger partial charge >= 0.3 is 0 Å². The first-order chi connectivity index (χ1) is 11.5. The van der Waals surface area contributed by atoms with Crippen LogP contribution in [0.4, 0.5) is 5.69 Å². The highest BCUT2D eigenvalue weighted by atomic mass is 35.5. The highest BCUT2D eigenvalue weighted by Crippen LogP contribution is 2.37. The molecule has 7 heteroatoms. The molecule has 0 saturated carbocycles. The fourth-order valence-corrected chi connectivity index (χ4v) is 2.43. The fraction of sp³-hybridized carbons (Fsp3) is 0.118. The van der Waals surface area contributed by atoms with Gasteiger partial charge in [-0.25, -0.2) is 0 Å². The third-order valence-corrected chi connectivity index (χ3v) is 3.56. The van der Waals surface area contributed by atoms with E-state index >= 15 is 0 Å². The van der Waals surface area contributed by atoms with E-state index in [-0.39, 0.29) is 5.69 Å². The second-order valence-electron chi connectivity index (χ2n) is 4.71. The van der Waals surface area contributed by atoms with Crippen LogP contribution in [0, 0.1) is 21.4 Å². The van der Waals surface area contributed by atoms with Crippen LogP contribution in [0.5, 0.6) is 11.5 Å². The van der Waals surface area contributed by atoms with Gasteiger partial charge in [-0.2, -0.15) is 5.26 Å². The maximum absolute atomic E-state index is 10.7. The maximum Gasteiger partial charge on any atom is 0.269 e. The lowest BCUT2D eigenvalue weighted by Gasteiger charge is -2.10. The second kappa shape index (κ2) is 7.49. The first-order valence-corrected chi connectivity index (χ1v) is 7.16. The molecule has 0 bridgehead atoms. The van der Waals surface area contributed by atoms with E-state index in [0.717, 1.165) is 0 Å². The van der Waals surface area contributed by atoms with Crippen molar-refractivity contribution in [2.45, 2.75) is 0 Å². The number of rotatable bonds is 5. The zero-order valence-corrected chi connectivity index (χ0v) is 13.7. The Labute approximate surface area is 143 Å². The number of non-ortho nitro benzene ring substituents is 1. The van der Waals surface area contributed by atoms with Gasteiger partial charge in [0.1, 0.15) is 0 Å². The lowest BCUT2D eigenvalue weighted by molar-refractivity contribution is -0.384. The molecule has 6 nitrogen and oxygen atoms in total. The smallest absolute Gasteiger partial charge is 0.269 e. The Morgan fingerprint density at radius 3 is 2.42 bits per heavy atom. The molecule has 24 heavy (non-hydrogen) atoms. The molecule has 0 amide bonds. The predicted molar refractivity (Wildman–Crippen MR) is 91.1 cm³/mol. The average Bonchev–Trinajstić information content (AvgIpc) is 2.59. The number of hydrogen-bond donors (Lipinski definition) is 0. The van der Waals surface area contributed by atoms with Gasteiger partial charge in [0.25, 0.3) is 5.69 Å². The van der Waals surface area contributed by atoms with Crippen LogP contribution in [0.15, 0.2) is 36.4 Å². The molecule has 2 aromatic rings. The number of ether oxygens (including phenoxy) is 2. The molecule has 0 unspecified atom stereocenters. The summed E-state index contributed by atoms with van der Waals surface area (Å²) in [6, 6.07) is 11.2. The van der Waals surface area contributed by atoms with Crippen LogP contribution in [-0.2, 0) is 0 Å². The molecule has 0 aromatic heterocycles. The van der Waals surface area contributed by atoms with Crippen LogP contribution in [0.3, 0.4) is 0 Å². The van der Waals surface area contributed by atoms with Crippen LogP contribution in [0.2, 0.25) is 5.02 Å². The zero-order valence-electron chi connectivity index (χ0n) is 12.9. The minimum atomic E-state index is -0.492. The molecule has 0 spiro atoms. The predicted octanol–water partition coefficient (Wildman–Crippen LogP) is 4.33. The van der Waals surface area contributed by atoms with Gasteiger partial charge in [-0.1, -0.05) is 11.6 Å². The van der Waals surface area contributed by atoms with Crippen molar-refractivity contribution in [1.29, 1.82) is 5.26 Å². The van der Waals surface area contributed by atoms with E-state index in [1.165, 1.54) is 38.5 Å². The lowest BCUT2D eigenvalue weighted by atomic mass is 10.0. The molecule has 0 aliphatic heterocycles. The summed E-state index contributed by atoms with van der Waals surface area (Å²) in [6.07, 6.45) is 1.62. The third-order valence-electron chi connectivity index (χ3n) is 3.28. The Balaban J connectivity index is 2.46. The molecule has 0 atom stereocenters. The number of nitriles is 1. The Bertz CT molecular complexity index is 839. The summed E-state index contributed by atoms with van der Waals surface area (Å²) in [5.41, 5.74) is 1.51. The van der Waals surface area contributed by atoms with E-state index in [2.05, 4.69) is 6.07 Å². The molecule has 2 rings (SSSR count). The number of methoxy groups -OCH3 is 2. The zero-order chi connectivity index (χ0) is 17.7. The molecular formula is C17H13ClN2O4. The largest absolute Gasteiger partial charge is 0.493 e. The quantitative estimate of drug-likeness (QED) is 0.349. The number of halogens is 1. The fourth-order valence-electron chi connectivity index (χ4n) is 2.13. The van der Waals surface area contributed by atoms with Crippen LogP contribution in [0.1, 0.15) is 11.1 Å². The molecule has 0 fully saturated rings. The van der Waals surface area contributed by atoms with E-state index < -0.39 is 4.92 Å². The summed E-state index contributed by atoms with van der Waals surface area (Å²) in [6.45, 7) is 0. The van der Waals surface area contributed by atoms with Crippen molar-refractivity contribution in [3.05, 3.63) is 62.7 Å². The van der Waals surface area contributed by atoms with Gasteiger partial charge in [0.05, 0.1) is 35.8 Å². The van der Waals surface area contributed by atoms with Crippen LogP contribution < -0.4 is 9.47 Å². The Hall–Kier alpha value is -3.04. The van der Waals surface area contributed by atoms with E-state index in [4.69, 9.17) is 21.1 Å². The molecule has 2 aromatic carbocycles. The van der Waals surface area contributed by atoms with Crippen molar-refractivity contribution in [2.75, 3.05) is 14.2 Å². The Kier molecular flexibility index (Phi) is 5.40. The molecule has 0 aliphatic carbocycles. The molecule has 0 N–H and O–H groups in total. The summed E-state index contributed by atoms with van der Waals surface area (Å²) in [7, 11) is 2.97. The van der Waals surface area contributed by atoms with Crippen molar-refractivity contribution in [3.8, 4) is 17.6 Å². The number of hydrogen-bond acceptors (Lipinski definition) is 5. The minimum absolute atomic E-state index is 0.0369. The van der Waals surface area contributed by atoms with Gasteiger partial charge in [-0.3, -0.25) is 10.1 Å². The van der Waals surface area contributed by atoms with E-state index in [1.54, 1.807) is 18.2 Å². The number of nitrogens with zero attached hydrogens (tertiary/aromatic N) is 2. The normalized spacial score (nSPS) is 10.8. The Morgan fingerprint density at radius 2 is 1.92 bits per heavy atom. The van der Waals surface area contributed by atoms with E-state index in [1.807, 2.05) is 0 Å². The summed E-state index contributed by atoms with van der Waals surface area (Å²) in [4.78, 5) is 10.2. The van der Waals surface area contributed by atoms with Crippen molar-refractivity contribution >= 4 is 28.9 Å². The number of allylic oxidation sites excluding steroid dienone is 1. The SMILES string of the molecule is COc1cc(/C=C(/C#N)c2ccc([N+](=O)[O-])cc2)cc(Cl)c1OC. The second-order valence-corrected chi connectivity index (χ2v) is 5.12. The average molecular weight is 345 g/mol. The van der Waals surface area contributed by atoms with E-state index in [0.29, 0.717) is 33.2 Å². The molecule has 122 valence electrons. The van der Waals surface area contributed by atoms with Gasteiger partial charge in [-0.05, 0) is 41.5 Å². The van der Waals surface area contributed by atoms with Crippen LogP contribution >= 0.6 is 11.6 Å². The van der Waals surface area contributed by atoms with Gasteiger partial charge in [0, 0.05) is 12.1 Å². The summed E-state index contributed by atoms with van der Waals surface area (Å²) >= 11 is 6.15. The van der Waals surface area contributed by atoms with Crippen molar-refractivity contribution in [1.82, 2.24) is 0 Å². The van der Waals surface area contributed by atoms with Crippen molar-refractivity contribution in [2.24, 2.45) is 0 Å². The van der Waals surface area contributed by atoms with Gasteiger partial charge < -0.3 is 9.47 Å². The third kappa shape index (κ3) is 3.65. The van der Waals surface area contributed by atoms with Crippen molar-refractivity contribution < 1.29 is 14.4 Å². The highest BCUT2D eigenvalue weighted by molar-refractivity contribution is 6.32. The molecular weight excluding hydrogens is 332 g/mol. The summed E-state index contributed by atoms with van der Waals surface area (Å²) in [5.74, 6) is 0.849. The number of nitro groups is 1. The van der Waals surface area contributed by atoms with Crippen LogP contribution in [0.25, 0.3) is 11.6 Å². The number of benzene rings is 2. The molecule has 0 aliphatic rings. The minimum Gasteiger partial charge on any atom is -0.493 e. The van der Waals surface area contributed by atoms with Gasteiger partial charge in [0.2, 0.25) is 0 Å². The Morgan fingerprint density at radius 1 is 1.25 bits per heavy atom. The van der Waals surface area contributed by atoms with Crippen molar-refractivity contribution in [3.63, 3.8) is 0 Å². The highest BCUT2D eigenvalue weighted by Gasteiger charge is 2.11. The van der Waals surface area contributed by atoms with Crippen LogP contribution in [-0.4, -0.2) is 19.1 Å². The standard InChI is InChI=1S/C17H13ClN2O4/c1-23-16-9-11(8-15(18)17(16)24-2)7-13(10-19)12-3-5-14(6-4-12)20(21)22/h3-9H,1-2H3/b13-7-. The molecule has 0 heterocycles. The maximum atomic E-state index is 10.7. The van der Waals surface area contributed by atoms with E-state index in [9.17, 15) is 15.4 Å². The number of nitro benzene ring substituents is 1.